The molecule has 0 unspecified atom stereocenters. The van der Waals surface area contributed by atoms with Crippen molar-refractivity contribution in [1.29, 1.82) is 0 Å². The Balaban J connectivity index is 1.29. The van der Waals surface area contributed by atoms with Gasteiger partial charge in [-0.15, -0.1) is 10.2 Å². The minimum atomic E-state index is -3.53. The summed E-state index contributed by atoms with van der Waals surface area (Å²) in [4.78, 5) is 24.8. The van der Waals surface area contributed by atoms with Crippen LogP contribution in [0.1, 0.15) is 23.2 Å². The lowest BCUT2D eigenvalue weighted by Crippen LogP contribution is -2.27. The molecule has 0 saturated carbocycles. The highest BCUT2D eigenvalue weighted by atomic mass is 79.9. The van der Waals surface area contributed by atoms with Gasteiger partial charge < -0.3 is 5.32 Å². The minimum Gasteiger partial charge on any atom is -0.325 e. The van der Waals surface area contributed by atoms with Gasteiger partial charge in [0.2, 0.25) is 21.1 Å². The summed E-state index contributed by atoms with van der Waals surface area (Å²) in [6.07, 6.45) is 1.72. The van der Waals surface area contributed by atoms with E-state index in [1.807, 2.05) is 12.1 Å². The van der Waals surface area contributed by atoms with Crippen LogP contribution in [0.15, 0.2) is 62.2 Å². The number of benzene rings is 2. The first-order chi connectivity index (χ1) is 16.3. The average molecular weight is 583 g/mol. The second kappa shape index (κ2) is 11.0. The zero-order chi connectivity index (χ0) is 24.1. The summed E-state index contributed by atoms with van der Waals surface area (Å²) in [6.45, 7) is 1.04. The quantitative estimate of drug-likeness (QED) is 0.304. The van der Waals surface area contributed by atoms with Crippen molar-refractivity contribution in [3.05, 3.63) is 58.6 Å². The summed E-state index contributed by atoms with van der Waals surface area (Å²) in [5, 5.41) is 13.7. The summed E-state index contributed by atoms with van der Waals surface area (Å²) in [6, 6.07) is 13.1. The fourth-order valence-corrected chi connectivity index (χ4v) is 6.53. The van der Waals surface area contributed by atoms with E-state index in [-0.39, 0.29) is 21.7 Å². The Bertz CT molecular complexity index is 1270. The summed E-state index contributed by atoms with van der Waals surface area (Å²) in [5.74, 6) is -0.464. The predicted octanol–water partition coefficient (Wildman–Crippen LogP) is 4.07. The van der Waals surface area contributed by atoms with Gasteiger partial charge in [0.05, 0.1) is 10.6 Å². The Hall–Kier alpha value is -2.32. The molecular formula is C21H20BrN5O4S3. The normalized spacial score (nSPS) is 14.1. The van der Waals surface area contributed by atoms with E-state index in [2.05, 4.69) is 36.8 Å². The number of nitrogens with one attached hydrogen (secondary N) is 2. The first kappa shape index (κ1) is 24.8. The average Bonchev–Trinajstić information content (AvgIpc) is 3.52. The van der Waals surface area contributed by atoms with Crippen molar-refractivity contribution in [1.82, 2.24) is 14.5 Å². The van der Waals surface area contributed by atoms with Gasteiger partial charge in [-0.3, -0.25) is 14.9 Å². The minimum absolute atomic E-state index is 0.144. The Morgan fingerprint density at radius 2 is 1.68 bits per heavy atom. The van der Waals surface area contributed by atoms with E-state index in [4.69, 9.17) is 0 Å². The van der Waals surface area contributed by atoms with E-state index in [1.54, 1.807) is 12.1 Å². The predicted molar refractivity (Wildman–Crippen MR) is 136 cm³/mol. The molecule has 4 rings (SSSR count). The maximum absolute atomic E-state index is 12.6. The molecule has 1 saturated heterocycles. The number of hydrogen-bond acceptors (Lipinski definition) is 8. The molecule has 2 heterocycles. The van der Waals surface area contributed by atoms with Crippen molar-refractivity contribution in [3.63, 3.8) is 0 Å². The molecule has 0 bridgehead atoms. The van der Waals surface area contributed by atoms with Gasteiger partial charge in [-0.25, -0.2) is 8.42 Å². The number of hydrogen-bond donors (Lipinski definition) is 2. The van der Waals surface area contributed by atoms with Crippen LogP contribution in [0, 0.1) is 0 Å². The van der Waals surface area contributed by atoms with Crippen LogP contribution < -0.4 is 10.6 Å². The van der Waals surface area contributed by atoms with E-state index >= 15 is 0 Å². The fourth-order valence-electron chi connectivity index (χ4n) is 3.20. The lowest BCUT2D eigenvalue weighted by Gasteiger charge is -2.15. The Morgan fingerprint density at radius 3 is 2.35 bits per heavy atom. The zero-order valence-electron chi connectivity index (χ0n) is 17.7. The molecule has 1 aliphatic rings. The number of halogens is 1. The highest BCUT2D eigenvalue weighted by Gasteiger charge is 2.27. The van der Waals surface area contributed by atoms with Crippen LogP contribution in [0.25, 0.3) is 0 Å². The molecular weight excluding hydrogens is 562 g/mol. The van der Waals surface area contributed by atoms with E-state index in [9.17, 15) is 18.0 Å². The summed E-state index contributed by atoms with van der Waals surface area (Å²) < 4.78 is 28.1. The maximum atomic E-state index is 12.6. The van der Waals surface area contributed by atoms with Crippen LogP contribution in [0.2, 0.25) is 0 Å². The number of aromatic nitrogens is 2. The third-order valence-corrected chi connectivity index (χ3v) is 9.31. The highest BCUT2D eigenvalue weighted by molar-refractivity contribution is 9.10. The molecule has 13 heteroatoms. The van der Waals surface area contributed by atoms with Crippen LogP contribution in [0.3, 0.4) is 0 Å². The monoisotopic (exact) mass is 581 g/mol. The molecule has 2 aromatic carbocycles. The number of rotatable bonds is 8. The van der Waals surface area contributed by atoms with E-state index < -0.39 is 15.9 Å². The molecule has 0 spiro atoms. The Morgan fingerprint density at radius 1 is 1.00 bits per heavy atom. The molecule has 9 nitrogen and oxygen atoms in total. The summed E-state index contributed by atoms with van der Waals surface area (Å²) in [7, 11) is -3.53. The van der Waals surface area contributed by atoms with E-state index in [1.165, 1.54) is 40.3 Å². The van der Waals surface area contributed by atoms with Gasteiger partial charge >= 0.3 is 0 Å². The van der Waals surface area contributed by atoms with Crippen molar-refractivity contribution in [2.24, 2.45) is 0 Å². The van der Waals surface area contributed by atoms with Gasteiger partial charge in [-0.1, -0.05) is 39.0 Å². The number of amides is 2. The number of carbonyl (C=O) groups excluding carboxylic acids is 2. The molecule has 0 atom stereocenters. The van der Waals surface area contributed by atoms with Crippen LogP contribution in [0.4, 0.5) is 10.8 Å². The van der Waals surface area contributed by atoms with Crippen LogP contribution in [-0.2, 0) is 14.8 Å². The van der Waals surface area contributed by atoms with Crippen LogP contribution in [-0.4, -0.2) is 53.6 Å². The second-order valence-corrected chi connectivity index (χ2v) is 12.4. The largest absolute Gasteiger partial charge is 0.325 e. The van der Waals surface area contributed by atoms with Crippen molar-refractivity contribution < 1.29 is 18.0 Å². The maximum Gasteiger partial charge on any atom is 0.257 e. The van der Waals surface area contributed by atoms with E-state index in [0.29, 0.717) is 28.7 Å². The van der Waals surface area contributed by atoms with Gasteiger partial charge in [0.1, 0.15) is 0 Å². The number of carbonyl (C=O) groups is 2. The van der Waals surface area contributed by atoms with Crippen molar-refractivity contribution in [2.45, 2.75) is 22.1 Å². The topological polar surface area (TPSA) is 121 Å². The molecule has 34 heavy (non-hydrogen) atoms. The third-order valence-electron chi connectivity index (χ3n) is 4.90. The molecule has 1 fully saturated rings. The number of thioether (sulfide) groups is 1. The SMILES string of the molecule is O=C(CSc1nnc(NC(=O)c2ccc(S(=O)(=O)N3CCCC3)cc2)s1)Nc1ccc(Br)cc1. The number of sulfonamides is 1. The summed E-state index contributed by atoms with van der Waals surface area (Å²) in [5.41, 5.74) is 0.997. The Kier molecular flexibility index (Phi) is 7.99. The van der Waals surface area contributed by atoms with Gasteiger partial charge in [0.15, 0.2) is 4.34 Å². The first-order valence-electron chi connectivity index (χ1n) is 10.2. The van der Waals surface area contributed by atoms with Crippen LogP contribution in [0.5, 0.6) is 0 Å². The molecule has 0 aliphatic carbocycles. The molecule has 1 aromatic heterocycles. The zero-order valence-corrected chi connectivity index (χ0v) is 21.8. The van der Waals surface area contributed by atoms with Crippen molar-refractivity contribution >= 4 is 71.7 Å². The second-order valence-electron chi connectivity index (χ2n) is 7.31. The molecule has 2 N–H and O–H groups in total. The van der Waals surface area contributed by atoms with Crippen molar-refractivity contribution in [2.75, 3.05) is 29.5 Å². The van der Waals surface area contributed by atoms with E-state index in [0.717, 1.165) is 28.7 Å². The third kappa shape index (κ3) is 6.21. The first-order valence-corrected chi connectivity index (χ1v) is 14.3. The van der Waals surface area contributed by atoms with Gasteiger partial charge in [-0.2, -0.15) is 4.31 Å². The van der Waals surface area contributed by atoms with Gasteiger partial charge in [-0.05, 0) is 61.4 Å². The Labute approximate surface area is 213 Å². The molecule has 0 radical (unpaired) electrons. The van der Waals surface area contributed by atoms with Crippen molar-refractivity contribution in [3.8, 4) is 0 Å². The molecule has 2 amide bonds. The smallest absolute Gasteiger partial charge is 0.257 e. The van der Waals surface area contributed by atoms with Gasteiger partial charge in [0, 0.05) is 28.8 Å². The molecule has 3 aromatic rings. The van der Waals surface area contributed by atoms with Crippen LogP contribution >= 0.6 is 39.0 Å². The molecule has 1 aliphatic heterocycles. The summed E-state index contributed by atoms with van der Waals surface area (Å²) >= 11 is 5.71. The lowest BCUT2D eigenvalue weighted by molar-refractivity contribution is -0.113. The van der Waals surface area contributed by atoms with Gasteiger partial charge in [0.25, 0.3) is 5.91 Å². The number of nitrogens with zero attached hydrogens (tertiary/aromatic N) is 3. The lowest BCUT2D eigenvalue weighted by atomic mass is 10.2. The highest BCUT2D eigenvalue weighted by Crippen LogP contribution is 2.26. The molecule has 178 valence electrons. The number of anilines is 2. The fraction of sp³-hybridized carbons (Fsp3) is 0.238. The standard InChI is InChI=1S/C21H20BrN5O4S3/c22-15-5-7-16(8-6-15)23-18(28)13-32-21-26-25-20(33-21)24-19(29)14-3-9-17(10-4-14)34(30,31)27-11-1-2-12-27/h3-10H,1-2,11-13H2,(H,23,28)(H,24,25,29).